The molecule has 0 bridgehead atoms. The highest BCUT2D eigenvalue weighted by Crippen LogP contribution is 2.27. The molecule has 0 aromatic heterocycles. The molecule has 128 valence electrons. The van der Waals surface area contributed by atoms with E-state index in [1.165, 1.54) is 49.6 Å². The molecule has 2 aromatic carbocycles. The molecule has 0 aliphatic carbocycles. The summed E-state index contributed by atoms with van der Waals surface area (Å²) in [5.41, 5.74) is 0.368. The molecular weight excluding hydrogens is 403 g/mol. The molecular formula is C15H14BrFN2O4S. The van der Waals surface area contributed by atoms with Gasteiger partial charge in [0.2, 0.25) is 15.9 Å². The average molecular weight is 417 g/mol. The Morgan fingerprint density at radius 3 is 2.46 bits per heavy atom. The molecule has 0 heterocycles. The van der Waals surface area contributed by atoms with Crippen LogP contribution in [-0.4, -0.2) is 28.0 Å². The molecule has 0 aliphatic heterocycles. The monoisotopic (exact) mass is 416 g/mol. The molecule has 0 radical (unpaired) electrons. The van der Waals surface area contributed by atoms with Crippen molar-refractivity contribution in [3.05, 3.63) is 52.8 Å². The van der Waals surface area contributed by atoms with Gasteiger partial charge in [0.25, 0.3) is 0 Å². The highest BCUT2D eigenvalue weighted by Gasteiger charge is 2.17. The van der Waals surface area contributed by atoms with E-state index in [1.807, 2.05) is 0 Å². The molecule has 0 atom stereocenters. The summed E-state index contributed by atoms with van der Waals surface area (Å²) in [7, 11) is -2.39. The largest absolute Gasteiger partial charge is 0.496 e. The number of anilines is 1. The van der Waals surface area contributed by atoms with E-state index < -0.39 is 28.3 Å². The topological polar surface area (TPSA) is 84.5 Å². The standard InChI is InChI=1S/C15H14BrFN2O4S/c1-23-14-7-6-12(8-13(14)16)24(21,22)18-9-15(20)19-11-4-2-10(17)3-5-11/h2-8,18H,9H2,1H3,(H,19,20). The smallest absolute Gasteiger partial charge is 0.241 e. The van der Waals surface area contributed by atoms with Crippen LogP contribution in [0.15, 0.2) is 51.8 Å². The van der Waals surface area contributed by atoms with E-state index in [0.29, 0.717) is 15.9 Å². The molecule has 0 saturated heterocycles. The number of nitrogens with one attached hydrogen (secondary N) is 2. The first-order chi connectivity index (χ1) is 11.3. The molecule has 2 N–H and O–H groups in total. The Hall–Kier alpha value is -1.97. The second kappa shape index (κ2) is 7.73. The van der Waals surface area contributed by atoms with Crippen LogP contribution >= 0.6 is 15.9 Å². The van der Waals surface area contributed by atoms with Crippen molar-refractivity contribution < 1.29 is 22.3 Å². The Bertz CT molecular complexity index is 841. The van der Waals surface area contributed by atoms with Gasteiger partial charge in [-0.15, -0.1) is 0 Å². The van der Waals surface area contributed by atoms with E-state index in [2.05, 4.69) is 26.0 Å². The summed E-state index contributed by atoms with van der Waals surface area (Å²) >= 11 is 3.20. The third-order valence-corrected chi connectivity index (χ3v) is 5.00. The molecule has 9 heteroatoms. The summed E-state index contributed by atoms with van der Waals surface area (Å²) in [6, 6.07) is 9.37. The number of hydrogen-bond donors (Lipinski definition) is 2. The molecule has 24 heavy (non-hydrogen) atoms. The normalized spacial score (nSPS) is 11.1. The fraction of sp³-hybridized carbons (Fsp3) is 0.133. The Kier molecular flexibility index (Phi) is 5.92. The lowest BCUT2D eigenvalue weighted by Crippen LogP contribution is -2.32. The lowest BCUT2D eigenvalue weighted by atomic mass is 10.3. The summed E-state index contributed by atoms with van der Waals surface area (Å²) in [6.07, 6.45) is 0. The lowest BCUT2D eigenvalue weighted by molar-refractivity contribution is -0.115. The third-order valence-electron chi connectivity index (χ3n) is 2.98. The van der Waals surface area contributed by atoms with Crippen molar-refractivity contribution >= 4 is 37.5 Å². The summed E-state index contributed by atoms with van der Waals surface area (Å²) in [5, 5.41) is 2.46. The van der Waals surface area contributed by atoms with Gasteiger partial charge in [-0.2, -0.15) is 0 Å². The Morgan fingerprint density at radius 1 is 1.21 bits per heavy atom. The van der Waals surface area contributed by atoms with Crippen molar-refractivity contribution in [3.63, 3.8) is 0 Å². The number of benzene rings is 2. The molecule has 2 rings (SSSR count). The van der Waals surface area contributed by atoms with Crippen LogP contribution in [0.5, 0.6) is 5.75 Å². The minimum absolute atomic E-state index is 0.00948. The van der Waals surface area contributed by atoms with Gasteiger partial charge in [0.05, 0.1) is 23.0 Å². The van der Waals surface area contributed by atoms with E-state index >= 15 is 0 Å². The zero-order chi connectivity index (χ0) is 17.7. The van der Waals surface area contributed by atoms with Gasteiger partial charge in [-0.05, 0) is 58.4 Å². The molecule has 0 unspecified atom stereocenters. The maximum atomic E-state index is 12.8. The number of carbonyl (C=O) groups is 1. The van der Waals surface area contributed by atoms with Crippen LogP contribution in [0.1, 0.15) is 0 Å². The summed E-state index contributed by atoms with van der Waals surface area (Å²) < 4.78 is 44.9. The molecule has 0 aliphatic rings. The van der Waals surface area contributed by atoms with E-state index in [-0.39, 0.29) is 4.90 Å². The van der Waals surface area contributed by atoms with Crippen LogP contribution in [0, 0.1) is 5.82 Å². The average Bonchev–Trinajstić information content (AvgIpc) is 2.55. The maximum absolute atomic E-state index is 12.8. The van der Waals surface area contributed by atoms with E-state index in [9.17, 15) is 17.6 Å². The van der Waals surface area contributed by atoms with Crippen LogP contribution in [-0.2, 0) is 14.8 Å². The van der Waals surface area contributed by atoms with Crippen molar-refractivity contribution in [2.24, 2.45) is 0 Å². The van der Waals surface area contributed by atoms with Crippen LogP contribution in [0.25, 0.3) is 0 Å². The number of carbonyl (C=O) groups excluding carboxylic acids is 1. The summed E-state index contributed by atoms with van der Waals surface area (Å²) in [5.74, 6) is -0.514. The van der Waals surface area contributed by atoms with E-state index in [4.69, 9.17) is 4.74 Å². The van der Waals surface area contributed by atoms with Gasteiger partial charge < -0.3 is 10.1 Å². The molecule has 0 saturated carbocycles. The van der Waals surface area contributed by atoms with Crippen molar-refractivity contribution in [1.82, 2.24) is 4.72 Å². The number of halogens is 2. The zero-order valence-electron chi connectivity index (χ0n) is 12.5. The van der Waals surface area contributed by atoms with Gasteiger partial charge in [-0.25, -0.2) is 17.5 Å². The van der Waals surface area contributed by atoms with Crippen LogP contribution in [0.4, 0.5) is 10.1 Å². The number of rotatable bonds is 6. The van der Waals surface area contributed by atoms with Gasteiger partial charge in [0.15, 0.2) is 0 Å². The minimum Gasteiger partial charge on any atom is -0.496 e. The van der Waals surface area contributed by atoms with Crippen molar-refractivity contribution in [1.29, 1.82) is 0 Å². The first kappa shape index (κ1) is 18.4. The summed E-state index contributed by atoms with van der Waals surface area (Å²) in [4.78, 5) is 11.8. The SMILES string of the molecule is COc1ccc(S(=O)(=O)NCC(=O)Nc2ccc(F)cc2)cc1Br. The van der Waals surface area contributed by atoms with Crippen LogP contribution < -0.4 is 14.8 Å². The second-order valence-corrected chi connectivity index (χ2v) is 7.30. The second-order valence-electron chi connectivity index (χ2n) is 4.68. The van der Waals surface area contributed by atoms with Gasteiger partial charge in [-0.3, -0.25) is 4.79 Å². The predicted octanol–water partition coefficient (Wildman–Crippen LogP) is 2.51. The van der Waals surface area contributed by atoms with Crippen LogP contribution in [0.2, 0.25) is 0 Å². The summed E-state index contributed by atoms with van der Waals surface area (Å²) in [6.45, 7) is -0.455. The van der Waals surface area contributed by atoms with E-state index in [0.717, 1.165) is 0 Å². The minimum atomic E-state index is -3.86. The first-order valence-corrected chi connectivity index (χ1v) is 8.98. The number of amides is 1. The lowest BCUT2D eigenvalue weighted by Gasteiger charge is -2.09. The van der Waals surface area contributed by atoms with Crippen molar-refractivity contribution in [3.8, 4) is 5.75 Å². The quantitative estimate of drug-likeness (QED) is 0.757. The zero-order valence-corrected chi connectivity index (χ0v) is 14.9. The predicted molar refractivity (Wildman–Crippen MR) is 90.9 cm³/mol. The van der Waals surface area contributed by atoms with Crippen LogP contribution in [0.3, 0.4) is 0 Å². The molecule has 2 aromatic rings. The molecule has 0 fully saturated rings. The molecule has 1 amide bonds. The van der Waals surface area contributed by atoms with Gasteiger partial charge >= 0.3 is 0 Å². The van der Waals surface area contributed by atoms with Gasteiger partial charge in [0, 0.05) is 5.69 Å². The first-order valence-electron chi connectivity index (χ1n) is 6.70. The number of ether oxygens (including phenoxy) is 1. The molecule has 0 spiro atoms. The highest BCUT2D eigenvalue weighted by molar-refractivity contribution is 9.10. The van der Waals surface area contributed by atoms with Crippen molar-refractivity contribution in [2.75, 3.05) is 19.0 Å². The number of sulfonamides is 1. The fourth-order valence-electron chi connectivity index (χ4n) is 1.80. The van der Waals surface area contributed by atoms with Gasteiger partial charge in [-0.1, -0.05) is 0 Å². The Morgan fingerprint density at radius 2 is 1.88 bits per heavy atom. The third kappa shape index (κ3) is 4.76. The fourth-order valence-corrected chi connectivity index (χ4v) is 3.50. The van der Waals surface area contributed by atoms with E-state index in [1.54, 1.807) is 0 Å². The number of methoxy groups -OCH3 is 1. The van der Waals surface area contributed by atoms with Crippen molar-refractivity contribution in [2.45, 2.75) is 4.90 Å². The number of hydrogen-bond acceptors (Lipinski definition) is 4. The Balaban J connectivity index is 2.00. The Labute approximate surface area is 147 Å². The van der Waals surface area contributed by atoms with Gasteiger partial charge in [0.1, 0.15) is 11.6 Å². The molecule has 6 nitrogen and oxygen atoms in total. The highest BCUT2D eigenvalue weighted by atomic mass is 79.9. The maximum Gasteiger partial charge on any atom is 0.241 e.